The van der Waals surface area contributed by atoms with Crippen molar-refractivity contribution in [3.8, 4) is 6.07 Å². The highest BCUT2D eigenvalue weighted by molar-refractivity contribution is 5.99. The van der Waals surface area contributed by atoms with E-state index in [0.717, 1.165) is 31.2 Å². The van der Waals surface area contributed by atoms with Crippen LogP contribution in [0.1, 0.15) is 36.0 Å². The number of hydrogen-bond acceptors (Lipinski definition) is 5. The average Bonchev–Trinajstić information content (AvgIpc) is 2.73. The molecule has 1 amide bonds. The van der Waals surface area contributed by atoms with Gasteiger partial charge in [0.2, 0.25) is 5.91 Å². The molecule has 32 heavy (non-hydrogen) atoms. The van der Waals surface area contributed by atoms with Gasteiger partial charge in [0.15, 0.2) is 0 Å². The molecule has 0 spiro atoms. The summed E-state index contributed by atoms with van der Waals surface area (Å²) in [4.78, 5) is 25.6. The number of para-hydroxylation sites is 1. The van der Waals surface area contributed by atoms with E-state index >= 15 is 0 Å². The second-order valence-electron chi connectivity index (χ2n) is 8.64. The molecule has 6 rings (SSSR count). The Bertz CT molecular complexity index is 1210. The summed E-state index contributed by atoms with van der Waals surface area (Å²) < 4.78 is 0. The first kappa shape index (κ1) is 21.5. The molecule has 0 radical (unpaired) electrons. The van der Waals surface area contributed by atoms with Crippen molar-refractivity contribution in [3.05, 3.63) is 71.4 Å². The minimum Gasteiger partial charge on any atom is -0.483 e. The Kier molecular flexibility index (Phi) is 5.64. The van der Waals surface area contributed by atoms with E-state index in [2.05, 4.69) is 52.9 Å². The number of nitriles is 1. The second-order valence-corrected chi connectivity index (χ2v) is 8.64. The highest BCUT2D eigenvalue weighted by Crippen LogP contribution is 2.67. The standard InChI is InChI=1S/C24H22N4O.CH2O2/c1-16-5-2-3-6-19(16)11-27-24-13-23(14-24,15-24)22(29)28-20-9-17-7-4-8-18(10-25)21(17)26-12-20;2-1-3/h2-9,12,27H,11,13-15H2,1H3,(H,28,29);1H,(H,2,3). The van der Waals surface area contributed by atoms with Gasteiger partial charge in [0.1, 0.15) is 6.07 Å². The fourth-order valence-corrected chi connectivity index (χ4v) is 4.89. The highest BCUT2D eigenvalue weighted by atomic mass is 16.3. The van der Waals surface area contributed by atoms with E-state index in [1.165, 1.54) is 11.1 Å². The molecular formula is C25H24N4O3. The van der Waals surface area contributed by atoms with Crippen LogP contribution in [0.3, 0.4) is 0 Å². The Labute approximate surface area is 186 Å². The zero-order chi connectivity index (χ0) is 22.8. The summed E-state index contributed by atoms with van der Waals surface area (Å²) in [7, 11) is 0. The summed E-state index contributed by atoms with van der Waals surface area (Å²) >= 11 is 0. The Balaban J connectivity index is 0.000000775. The monoisotopic (exact) mass is 428 g/mol. The van der Waals surface area contributed by atoms with Gasteiger partial charge >= 0.3 is 0 Å². The number of aryl methyl sites for hydroxylation is 1. The first-order valence-electron chi connectivity index (χ1n) is 10.4. The van der Waals surface area contributed by atoms with Crippen molar-refractivity contribution in [2.45, 2.75) is 38.3 Å². The van der Waals surface area contributed by atoms with Crippen LogP contribution in [0.2, 0.25) is 0 Å². The Morgan fingerprint density at radius 3 is 2.62 bits per heavy atom. The van der Waals surface area contributed by atoms with Crippen LogP contribution in [0.15, 0.2) is 54.7 Å². The molecule has 0 saturated heterocycles. The summed E-state index contributed by atoms with van der Waals surface area (Å²) in [6.07, 6.45) is 4.30. The number of pyridine rings is 1. The van der Waals surface area contributed by atoms with Gasteiger partial charge in [0.05, 0.1) is 28.4 Å². The summed E-state index contributed by atoms with van der Waals surface area (Å²) in [5.41, 5.74) is 4.37. The first-order chi connectivity index (χ1) is 15.4. The number of carbonyl (C=O) groups is 2. The first-order valence-corrected chi connectivity index (χ1v) is 10.4. The van der Waals surface area contributed by atoms with E-state index in [0.29, 0.717) is 16.8 Å². The third-order valence-corrected chi connectivity index (χ3v) is 6.52. The molecule has 0 unspecified atom stereocenters. The van der Waals surface area contributed by atoms with Crippen LogP contribution in [-0.4, -0.2) is 28.0 Å². The highest BCUT2D eigenvalue weighted by Gasteiger charge is 2.71. The molecule has 2 aromatic carbocycles. The fourth-order valence-electron chi connectivity index (χ4n) is 4.89. The lowest BCUT2D eigenvalue weighted by Crippen LogP contribution is -2.76. The smallest absolute Gasteiger partial charge is 0.290 e. The van der Waals surface area contributed by atoms with Crippen molar-refractivity contribution in [2.75, 3.05) is 5.32 Å². The van der Waals surface area contributed by atoms with Gasteiger partial charge in [-0.25, -0.2) is 0 Å². The van der Waals surface area contributed by atoms with Crippen molar-refractivity contribution in [1.29, 1.82) is 5.26 Å². The molecular weight excluding hydrogens is 404 g/mol. The van der Waals surface area contributed by atoms with Crippen molar-refractivity contribution in [3.63, 3.8) is 0 Å². The summed E-state index contributed by atoms with van der Waals surface area (Å²) in [5, 5.41) is 23.7. The van der Waals surface area contributed by atoms with Gasteiger partial charge in [-0.1, -0.05) is 36.4 Å². The Morgan fingerprint density at radius 2 is 1.94 bits per heavy atom. The van der Waals surface area contributed by atoms with Crippen molar-refractivity contribution < 1.29 is 14.7 Å². The number of rotatable bonds is 5. The van der Waals surface area contributed by atoms with E-state index in [4.69, 9.17) is 9.90 Å². The van der Waals surface area contributed by atoms with E-state index < -0.39 is 0 Å². The van der Waals surface area contributed by atoms with Gasteiger partial charge in [-0.2, -0.15) is 5.26 Å². The van der Waals surface area contributed by atoms with Crippen molar-refractivity contribution >= 4 is 29.0 Å². The number of hydrogen-bond donors (Lipinski definition) is 3. The SMILES string of the molecule is Cc1ccccc1CNC12CC(C(=O)Nc3cnc4c(C#N)cccc4c3)(C1)C2.O=CO. The van der Waals surface area contributed by atoms with Gasteiger partial charge in [-0.15, -0.1) is 0 Å². The molecule has 3 N–H and O–H groups in total. The quantitative estimate of drug-likeness (QED) is 0.533. The van der Waals surface area contributed by atoms with Crippen LogP contribution in [0, 0.1) is 23.7 Å². The largest absolute Gasteiger partial charge is 0.483 e. The van der Waals surface area contributed by atoms with Gasteiger partial charge in [-0.3, -0.25) is 14.6 Å². The number of carboxylic acid groups (broad SMARTS) is 1. The molecule has 3 aliphatic carbocycles. The van der Waals surface area contributed by atoms with Gasteiger partial charge in [0, 0.05) is 17.5 Å². The molecule has 0 atom stereocenters. The van der Waals surface area contributed by atoms with Gasteiger partial charge in [-0.05, 0) is 49.4 Å². The molecule has 3 aliphatic rings. The van der Waals surface area contributed by atoms with Crippen LogP contribution in [0.4, 0.5) is 5.69 Å². The zero-order valence-corrected chi connectivity index (χ0v) is 17.8. The fraction of sp³-hybridized carbons (Fsp3) is 0.280. The normalized spacial score (nSPS) is 22.4. The maximum absolute atomic E-state index is 12.9. The number of anilines is 1. The Hall–Kier alpha value is -3.76. The van der Waals surface area contributed by atoms with E-state index in [9.17, 15) is 10.1 Å². The summed E-state index contributed by atoms with van der Waals surface area (Å²) in [6.45, 7) is 2.73. The molecule has 3 fully saturated rings. The third-order valence-electron chi connectivity index (χ3n) is 6.52. The van der Waals surface area contributed by atoms with Crippen LogP contribution < -0.4 is 10.6 Å². The molecule has 0 aliphatic heterocycles. The average molecular weight is 428 g/mol. The van der Waals surface area contributed by atoms with Gasteiger partial charge in [0.25, 0.3) is 6.47 Å². The molecule has 7 nitrogen and oxygen atoms in total. The van der Waals surface area contributed by atoms with Crippen molar-refractivity contribution in [2.24, 2.45) is 5.41 Å². The predicted molar refractivity (Wildman–Crippen MR) is 121 cm³/mol. The molecule has 1 aromatic heterocycles. The topological polar surface area (TPSA) is 115 Å². The number of carbonyl (C=O) groups excluding carboxylic acids is 1. The van der Waals surface area contributed by atoms with E-state index in [-0.39, 0.29) is 23.3 Å². The van der Waals surface area contributed by atoms with E-state index in [1.807, 2.05) is 18.2 Å². The maximum atomic E-state index is 12.9. The molecule has 7 heteroatoms. The zero-order valence-electron chi connectivity index (χ0n) is 17.8. The van der Waals surface area contributed by atoms with Crippen LogP contribution >= 0.6 is 0 Å². The van der Waals surface area contributed by atoms with Crippen LogP contribution in [0.5, 0.6) is 0 Å². The lowest BCUT2D eigenvalue weighted by molar-refractivity contribution is -0.175. The van der Waals surface area contributed by atoms with Crippen molar-refractivity contribution in [1.82, 2.24) is 10.3 Å². The molecule has 3 saturated carbocycles. The maximum Gasteiger partial charge on any atom is 0.290 e. The number of nitrogens with zero attached hydrogens (tertiary/aromatic N) is 2. The van der Waals surface area contributed by atoms with E-state index in [1.54, 1.807) is 12.3 Å². The third kappa shape index (κ3) is 3.81. The minimum atomic E-state index is -0.250. The summed E-state index contributed by atoms with van der Waals surface area (Å²) in [5.74, 6) is 0.0784. The lowest BCUT2D eigenvalue weighted by atomic mass is 9.39. The molecule has 2 bridgehead atoms. The second kappa shape index (κ2) is 8.40. The number of amides is 1. The Morgan fingerprint density at radius 1 is 1.22 bits per heavy atom. The predicted octanol–water partition coefficient (Wildman–Crippen LogP) is 3.77. The number of aromatic nitrogens is 1. The molecule has 3 aromatic rings. The van der Waals surface area contributed by atoms with Gasteiger partial charge < -0.3 is 15.7 Å². The number of benzene rings is 2. The van der Waals surface area contributed by atoms with Crippen LogP contribution in [-0.2, 0) is 16.1 Å². The molecule has 162 valence electrons. The summed E-state index contributed by atoms with van der Waals surface area (Å²) in [6, 6.07) is 17.9. The number of nitrogens with one attached hydrogen (secondary N) is 2. The lowest BCUT2D eigenvalue weighted by Gasteiger charge is -2.69. The minimum absolute atomic E-state index is 0.0784. The van der Waals surface area contributed by atoms with Crippen LogP contribution in [0.25, 0.3) is 10.9 Å². The number of fused-ring (bicyclic) bond motifs is 1. The molecule has 1 heterocycles.